The molecule has 1 aliphatic heterocycles. The molecule has 28 heavy (non-hydrogen) atoms. The first-order chi connectivity index (χ1) is 13.8. The number of nitrogens with zero attached hydrogens (tertiary/aromatic N) is 3. The number of fused-ring (bicyclic) bond motifs is 1. The minimum Gasteiger partial charge on any atom is -0.467 e. The van der Waals surface area contributed by atoms with Crippen LogP contribution in [0.1, 0.15) is 28.0 Å². The van der Waals surface area contributed by atoms with Gasteiger partial charge in [-0.05, 0) is 36.4 Å². The first-order valence-electron chi connectivity index (χ1n) is 8.85. The van der Waals surface area contributed by atoms with E-state index >= 15 is 0 Å². The molecule has 1 amide bonds. The number of carbonyl (C=O) groups excluding carboxylic acids is 1. The molecule has 1 aromatic carbocycles. The van der Waals surface area contributed by atoms with Gasteiger partial charge in [0.05, 0.1) is 29.8 Å². The molecule has 6 nitrogen and oxygen atoms in total. The van der Waals surface area contributed by atoms with Crippen molar-refractivity contribution < 1.29 is 9.21 Å². The topological polar surface area (TPSA) is 71.3 Å². The molecule has 1 atom stereocenters. The molecule has 0 aliphatic carbocycles. The van der Waals surface area contributed by atoms with Crippen molar-refractivity contribution in [3.63, 3.8) is 0 Å². The zero-order valence-corrected chi connectivity index (χ0v) is 15.6. The lowest BCUT2D eigenvalue weighted by Gasteiger charge is -2.36. The number of hydrogen-bond donors (Lipinski definition) is 1. The Balaban J connectivity index is 1.54. The molecule has 0 saturated carbocycles. The molecule has 7 heteroatoms. The summed E-state index contributed by atoms with van der Waals surface area (Å²) in [7, 11) is 0. The summed E-state index contributed by atoms with van der Waals surface area (Å²) in [5.74, 6) is 0.669. The van der Waals surface area contributed by atoms with Crippen LogP contribution in [0.5, 0.6) is 0 Å². The fourth-order valence-electron chi connectivity index (χ4n) is 3.28. The van der Waals surface area contributed by atoms with Crippen molar-refractivity contribution in [1.82, 2.24) is 14.9 Å². The molecule has 0 spiro atoms. The predicted octanol–water partition coefficient (Wildman–Crippen LogP) is 4.56. The van der Waals surface area contributed by atoms with Gasteiger partial charge >= 0.3 is 0 Å². The van der Waals surface area contributed by atoms with Gasteiger partial charge in [0.25, 0.3) is 5.91 Å². The van der Waals surface area contributed by atoms with Crippen molar-refractivity contribution in [3.8, 4) is 10.7 Å². The van der Waals surface area contributed by atoms with Crippen LogP contribution < -0.4 is 5.32 Å². The Kier molecular flexibility index (Phi) is 4.14. The van der Waals surface area contributed by atoms with Crippen LogP contribution in [0.2, 0.25) is 0 Å². The minimum atomic E-state index is -0.388. The number of amides is 1. The van der Waals surface area contributed by atoms with Crippen LogP contribution in [0.25, 0.3) is 10.7 Å². The van der Waals surface area contributed by atoms with Crippen molar-refractivity contribution >= 4 is 22.9 Å². The van der Waals surface area contributed by atoms with Gasteiger partial charge in [-0.1, -0.05) is 18.2 Å². The molecule has 5 rings (SSSR count). The number of nitrogens with one attached hydrogen (secondary N) is 1. The second-order valence-electron chi connectivity index (χ2n) is 6.40. The molecule has 1 aliphatic rings. The highest BCUT2D eigenvalue weighted by molar-refractivity contribution is 7.13. The number of pyridine rings is 1. The van der Waals surface area contributed by atoms with Gasteiger partial charge in [-0.25, -0.2) is 4.98 Å². The summed E-state index contributed by atoms with van der Waals surface area (Å²) in [6.07, 6.45) is 2.97. The van der Waals surface area contributed by atoms with Crippen LogP contribution in [0.3, 0.4) is 0 Å². The van der Waals surface area contributed by atoms with Gasteiger partial charge < -0.3 is 14.6 Å². The largest absolute Gasteiger partial charge is 0.467 e. The quantitative estimate of drug-likeness (QED) is 0.555. The first-order valence-corrected chi connectivity index (χ1v) is 9.73. The minimum absolute atomic E-state index is 0.0527. The van der Waals surface area contributed by atoms with Gasteiger partial charge in [-0.15, -0.1) is 11.3 Å². The third kappa shape index (κ3) is 2.95. The van der Waals surface area contributed by atoms with Crippen molar-refractivity contribution in [2.45, 2.75) is 12.7 Å². The van der Waals surface area contributed by atoms with E-state index in [1.54, 1.807) is 17.4 Å². The summed E-state index contributed by atoms with van der Waals surface area (Å²) >= 11 is 1.51. The first kappa shape index (κ1) is 16.7. The molecular weight excluding hydrogens is 372 g/mol. The number of para-hydroxylation sites is 1. The van der Waals surface area contributed by atoms with Crippen molar-refractivity contribution in [1.29, 1.82) is 0 Å². The van der Waals surface area contributed by atoms with Crippen LogP contribution in [-0.4, -0.2) is 20.8 Å². The lowest BCUT2D eigenvalue weighted by molar-refractivity contribution is 0.0648. The monoisotopic (exact) mass is 388 g/mol. The third-order valence-corrected chi connectivity index (χ3v) is 5.50. The van der Waals surface area contributed by atoms with Gasteiger partial charge in [0.1, 0.15) is 16.9 Å². The molecule has 0 saturated heterocycles. The molecule has 0 unspecified atom stereocenters. The number of aromatic nitrogens is 2. The lowest BCUT2D eigenvalue weighted by Crippen LogP contribution is -2.42. The number of carbonyl (C=O) groups is 1. The zero-order valence-electron chi connectivity index (χ0n) is 14.8. The number of benzene rings is 1. The normalized spacial score (nSPS) is 15.9. The fourth-order valence-corrected chi connectivity index (χ4v) is 4.09. The lowest BCUT2D eigenvalue weighted by atomic mass is 10.1. The highest BCUT2D eigenvalue weighted by Crippen LogP contribution is 2.35. The summed E-state index contributed by atoms with van der Waals surface area (Å²) in [6.45, 7) is 0.355. The molecule has 4 aromatic rings. The van der Waals surface area contributed by atoms with E-state index in [1.807, 2.05) is 60.0 Å². The van der Waals surface area contributed by atoms with Crippen molar-refractivity contribution in [3.05, 3.63) is 89.5 Å². The second kappa shape index (κ2) is 6.94. The van der Waals surface area contributed by atoms with Crippen molar-refractivity contribution in [2.75, 3.05) is 5.32 Å². The maximum absolute atomic E-state index is 13.2. The summed E-state index contributed by atoms with van der Waals surface area (Å²) in [5, 5.41) is 6.25. The second-order valence-corrected chi connectivity index (χ2v) is 7.26. The van der Waals surface area contributed by atoms with E-state index in [9.17, 15) is 4.79 Å². The van der Waals surface area contributed by atoms with Gasteiger partial charge in [0, 0.05) is 17.3 Å². The van der Waals surface area contributed by atoms with E-state index in [1.165, 1.54) is 11.3 Å². The van der Waals surface area contributed by atoms with Gasteiger partial charge in [0.15, 0.2) is 0 Å². The Bertz CT molecular complexity index is 1110. The van der Waals surface area contributed by atoms with E-state index in [2.05, 4.69) is 10.3 Å². The molecular formula is C21H16N4O2S. The summed E-state index contributed by atoms with van der Waals surface area (Å²) in [6, 6.07) is 17.0. The predicted molar refractivity (Wildman–Crippen MR) is 107 cm³/mol. The Hall–Kier alpha value is -3.45. The number of hydrogen-bond acceptors (Lipinski definition) is 6. The fraction of sp³-hybridized carbons (Fsp3) is 0.0952. The third-order valence-electron chi connectivity index (χ3n) is 4.61. The summed E-state index contributed by atoms with van der Waals surface area (Å²) in [5.41, 5.74) is 3.05. The van der Waals surface area contributed by atoms with E-state index in [4.69, 9.17) is 9.40 Å². The SMILES string of the molecule is O=C1c2ccccc2N[C@H](c2csc(-c3ccccn3)n2)N1Cc1ccco1. The van der Waals surface area contributed by atoms with Crippen LogP contribution >= 0.6 is 11.3 Å². The Morgan fingerprint density at radius 2 is 2.00 bits per heavy atom. The molecule has 4 heterocycles. The average Bonchev–Trinajstić information content (AvgIpc) is 3.43. The number of thiazole rings is 1. The van der Waals surface area contributed by atoms with Crippen LogP contribution in [0.15, 0.2) is 76.9 Å². The zero-order chi connectivity index (χ0) is 18.9. The molecule has 0 bridgehead atoms. The molecule has 138 valence electrons. The summed E-state index contributed by atoms with van der Waals surface area (Å²) < 4.78 is 5.48. The molecule has 0 radical (unpaired) electrons. The summed E-state index contributed by atoms with van der Waals surface area (Å²) in [4.78, 5) is 24.1. The van der Waals surface area contributed by atoms with Crippen LogP contribution in [0, 0.1) is 0 Å². The maximum atomic E-state index is 13.2. The maximum Gasteiger partial charge on any atom is 0.258 e. The number of rotatable bonds is 4. The van der Waals surface area contributed by atoms with Gasteiger partial charge in [-0.3, -0.25) is 9.78 Å². The molecule has 3 aromatic heterocycles. The average molecular weight is 388 g/mol. The van der Waals surface area contributed by atoms with Crippen LogP contribution in [-0.2, 0) is 6.54 Å². The molecule has 1 N–H and O–H groups in total. The standard InChI is InChI=1S/C21H16N4O2S/c26-21-15-7-1-2-8-16(15)23-19(25(21)12-14-6-5-11-27-14)18-13-28-20(24-18)17-9-3-4-10-22-17/h1-11,13,19,23H,12H2/t19-/m0/s1. The Labute approximate surface area is 165 Å². The number of furan rings is 1. The van der Waals surface area contributed by atoms with Gasteiger partial charge in [0.2, 0.25) is 0 Å². The van der Waals surface area contributed by atoms with E-state index in [-0.39, 0.29) is 12.1 Å². The number of anilines is 1. The van der Waals surface area contributed by atoms with E-state index < -0.39 is 0 Å². The van der Waals surface area contributed by atoms with Gasteiger partial charge in [-0.2, -0.15) is 0 Å². The van der Waals surface area contributed by atoms with Crippen molar-refractivity contribution in [2.24, 2.45) is 0 Å². The smallest absolute Gasteiger partial charge is 0.258 e. The molecule has 0 fully saturated rings. The van der Waals surface area contributed by atoms with E-state index in [0.717, 1.165) is 27.8 Å². The highest BCUT2D eigenvalue weighted by atomic mass is 32.1. The Morgan fingerprint density at radius 3 is 2.82 bits per heavy atom. The highest BCUT2D eigenvalue weighted by Gasteiger charge is 2.34. The van der Waals surface area contributed by atoms with Crippen LogP contribution in [0.4, 0.5) is 5.69 Å². The van der Waals surface area contributed by atoms with E-state index in [0.29, 0.717) is 12.1 Å². The Morgan fingerprint density at radius 1 is 1.11 bits per heavy atom.